The molecular formula is C13H18F3N3O. The maximum Gasteiger partial charge on any atom is 0.416 e. The Labute approximate surface area is 115 Å². The molecule has 1 atom stereocenters. The van der Waals surface area contributed by atoms with Crippen molar-refractivity contribution in [3.05, 3.63) is 17.7 Å². The Kier molecular flexibility index (Phi) is 4.37. The second-order valence-corrected chi connectivity index (χ2v) is 4.87. The fourth-order valence-corrected chi connectivity index (χ4v) is 2.45. The number of aliphatic hydroxyl groups excluding tert-OH is 1. The SMILES string of the molecule is CNc1cc(C(F)(F)F)cc(N2CCCCC2CO)n1. The van der Waals surface area contributed by atoms with Crippen LogP contribution in [0.3, 0.4) is 0 Å². The summed E-state index contributed by atoms with van der Waals surface area (Å²) in [6.07, 6.45) is -1.78. The number of hydrogen-bond acceptors (Lipinski definition) is 4. The lowest BCUT2D eigenvalue weighted by Gasteiger charge is -2.36. The van der Waals surface area contributed by atoms with Gasteiger partial charge in [0, 0.05) is 13.6 Å². The Morgan fingerprint density at radius 1 is 1.40 bits per heavy atom. The molecule has 2 heterocycles. The van der Waals surface area contributed by atoms with Crippen LogP contribution in [0.25, 0.3) is 0 Å². The number of alkyl halides is 3. The lowest BCUT2D eigenvalue weighted by molar-refractivity contribution is -0.137. The third-order valence-electron chi connectivity index (χ3n) is 3.53. The summed E-state index contributed by atoms with van der Waals surface area (Å²) in [6.45, 7) is 0.537. The summed E-state index contributed by atoms with van der Waals surface area (Å²) >= 11 is 0. The van der Waals surface area contributed by atoms with Gasteiger partial charge in [0.1, 0.15) is 11.6 Å². The molecule has 1 saturated heterocycles. The van der Waals surface area contributed by atoms with Crippen LogP contribution in [0, 0.1) is 0 Å². The van der Waals surface area contributed by atoms with Gasteiger partial charge in [0.15, 0.2) is 0 Å². The third kappa shape index (κ3) is 3.15. The molecule has 1 fully saturated rings. The molecule has 2 N–H and O–H groups in total. The van der Waals surface area contributed by atoms with E-state index < -0.39 is 11.7 Å². The molecule has 0 saturated carbocycles. The number of nitrogens with zero attached hydrogens (tertiary/aromatic N) is 2. The van der Waals surface area contributed by atoms with Crippen LogP contribution in [-0.4, -0.2) is 36.3 Å². The van der Waals surface area contributed by atoms with Gasteiger partial charge in [0.25, 0.3) is 0 Å². The molecule has 0 aliphatic carbocycles. The van der Waals surface area contributed by atoms with E-state index in [2.05, 4.69) is 10.3 Å². The second kappa shape index (κ2) is 5.87. The standard InChI is InChI=1S/C13H18F3N3O/c1-17-11-6-9(13(14,15)16)7-12(18-11)19-5-3-2-4-10(19)8-20/h6-7,10,20H,2-5,8H2,1H3,(H,17,18). The summed E-state index contributed by atoms with van der Waals surface area (Å²) in [4.78, 5) is 5.95. The Hall–Kier alpha value is -1.50. The topological polar surface area (TPSA) is 48.4 Å². The Morgan fingerprint density at radius 3 is 2.75 bits per heavy atom. The highest BCUT2D eigenvalue weighted by atomic mass is 19.4. The molecule has 4 nitrogen and oxygen atoms in total. The second-order valence-electron chi connectivity index (χ2n) is 4.87. The molecule has 1 aromatic heterocycles. The van der Waals surface area contributed by atoms with E-state index >= 15 is 0 Å². The largest absolute Gasteiger partial charge is 0.416 e. The molecule has 20 heavy (non-hydrogen) atoms. The van der Waals surface area contributed by atoms with Gasteiger partial charge in [-0.15, -0.1) is 0 Å². The summed E-state index contributed by atoms with van der Waals surface area (Å²) in [7, 11) is 1.53. The number of anilines is 2. The van der Waals surface area contributed by atoms with E-state index in [0.717, 1.165) is 31.4 Å². The zero-order valence-electron chi connectivity index (χ0n) is 11.2. The van der Waals surface area contributed by atoms with E-state index in [9.17, 15) is 18.3 Å². The van der Waals surface area contributed by atoms with Crippen molar-refractivity contribution in [3.8, 4) is 0 Å². The van der Waals surface area contributed by atoms with Gasteiger partial charge in [-0.25, -0.2) is 4.98 Å². The molecule has 0 aromatic carbocycles. The van der Waals surface area contributed by atoms with Gasteiger partial charge in [-0.1, -0.05) is 0 Å². The first-order valence-corrected chi connectivity index (χ1v) is 6.60. The number of nitrogens with one attached hydrogen (secondary N) is 1. The predicted molar refractivity (Wildman–Crippen MR) is 70.9 cm³/mol. The van der Waals surface area contributed by atoms with Crippen molar-refractivity contribution < 1.29 is 18.3 Å². The average Bonchev–Trinajstić information content (AvgIpc) is 2.45. The van der Waals surface area contributed by atoms with Crippen molar-refractivity contribution in [2.24, 2.45) is 0 Å². The zero-order chi connectivity index (χ0) is 14.8. The predicted octanol–water partition coefficient (Wildman–Crippen LogP) is 2.49. The average molecular weight is 289 g/mol. The molecule has 1 aromatic rings. The fraction of sp³-hybridized carbons (Fsp3) is 0.615. The molecule has 0 bridgehead atoms. The van der Waals surface area contributed by atoms with E-state index in [1.54, 1.807) is 4.90 Å². The highest BCUT2D eigenvalue weighted by Gasteiger charge is 2.33. The van der Waals surface area contributed by atoms with E-state index in [-0.39, 0.29) is 24.3 Å². The van der Waals surface area contributed by atoms with Crippen molar-refractivity contribution in [1.82, 2.24) is 4.98 Å². The van der Waals surface area contributed by atoms with E-state index in [0.29, 0.717) is 6.54 Å². The first kappa shape index (κ1) is 14.9. The number of pyridine rings is 1. The lowest BCUT2D eigenvalue weighted by Crippen LogP contribution is -2.42. The molecule has 0 radical (unpaired) electrons. The van der Waals surface area contributed by atoms with Crippen molar-refractivity contribution in [3.63, 3.8) is 0 Å². The van der Waals surface area contributed by atoms with Gasteiger partial charge >= 0.3 is 6.18 Å². The fourth-order valence-electron chi connectivity index (χ4n) is 2.45. The van der Waals surface area contributed by atoms with Gasteiger partial charge in [-0.3, -0.25) is 0 Å². The minimum atomic E-state index is -4.41. The van der Waals surface area contributed by atoms with Crippen LogP contribution in [0.15, 0.2) is 12.1 Å². The van der Waals surface area contributed by atoms with Crippen molar-refractivity contribution >= 4 is 11.6 Å². The Morgan fingerprint density at radius 2 is 2.15 bits per heavy atom. The number of aromatic nitrogens is 1. The number of hydrogen-bond donors (Lipinski definition) is 2. The van der Waals surface area contributed by atoms with Gasteiger partial charge in [-0.05, 0) is 31.4 Å². The van der Waals surface area contributed by atoms with Crippen LogP contribution in [0.5, 0.6) is 0 Å². The number of piperidine rings is 1. The summed E-state index contributed by atoms with van der Waals surface area (Å²) in [5, 5.41) is 12.0. The van der Waals surface area contributed by atoms with Crippen LogP contribution in [0.2, 0.25) is 0 Å². The number of halogens is 3. The van der Waals surface area contributed by atoms with Crippen LogP contribution in [0.4, 0.5) is 24.8 Å². The van der Waals surface area contributed by atoms with Crippen LogP contribution in [0.1, 0.15) is 24.8 Å². The van der Waals surface area contributed by atoms with Gasteiger partial charge < -0.3 is 15.3 Å². The first-order chi connectivity index (χ1) is 9.45. The molecule has 1 unspecified atom stereocenters. The Bertz CT molecular complexity index is 465. The summed E-state index contributed by atoms with van der Waals surface area (Å²) in [5.74, 6) is 0.444. The molecule has 7 heteroatoms. The highest BCUT2D eigenvalue weighted by molar-refractivity contribution is 5.52. The monoisotopic (exact) mass is 289 g/mol. The van der Waals surface area contributed by atoms with Crippen LogP contribution >= 0.6 is 0 Å². The minimum absolute atomic E-state index is 0.0766. The van der Waals surface area contributed by atoms with E-state index in [1.165, 1.54) is 7.05 Å². The van der Waals surface area contributed by atoms with Crippen LogP contribution in [-0.2, 0) is 6.18 Å². The number of rotatable bonds is 3. The molecular weight excluding hydrogens is 271 g/mol. The normalized spacial score (nSPS) is 20.1. The Balaban J connectivity index is 2.39. The summed E-state index contributed by atoms with van der Waals surface area (Å²) < 4.78 is 38.7. The molecule has 112 valence electrons. The van der Waals surface area contributed by atoms with Crippen molar-refractivity contribution in [1.29, 1.82) is 0 Å². The molecule has 0 spiro atoms. The first-order valence-electron chi connectivity index (χ1n) is 6.60. The maximum absolute atomic E-state index is 12.9. The molecule has 1 aliphatic rings. The maximum atomic E-state index is 12.9. The lowest BCUT2D eigenvalue weighted by atomic mass is 10.0. The summed E-state index contributed by atoms with van der Waals surface area (Å²) in [5.41, 5.74) is -0.728. The van der Waals surface area contributed by atoms with E-state index in [4.69, 9.17) is 0 Å². The van der Waals surface area contributed by atoms with Crippen molar-refractivity contribution in [2.75, 3.05) is 30.4 Å². The van der Waals surface area contributed by atoms with Crippen molar-refractivity contribution in [2.45, 2.75) is 31.5 Å². The molecule has 1 aliphatic heterocycles. The van der Waals surface area contributed by atoms with E-state index in [1.807, 2.05) is 0 Å². The highest BCUT2D eigenvalue weighted by Crippen LogP contribution is 2.34. The number of aliphatic hydroxyl groups is 1. The summed E-state index contributed by atoms with van der Waals surface area (Å²) in [6, 6.07) is 1.88. The smallest absolute Gasteiger partial charge is 0.394 e. The third-order valence-corrected chi connectivity index (χ3v) is 3.53. The minimum Gasteiger partial charge on any atom is -0.394 e. The molecule has 0 amide bonds. The van der Waals surface area contributed by atoms with Crippen LogP contribution < -0.4 is 10.2 Å². The van der Waals surface area contributed by atoms with Gasteiger partial charge in [0.2, 0.25) is 0 Å². The quantitative estimate of drug-likeness (QED) is 0.897. The van der Waals surface area contributed by atoms with Gasteiger partial charge in [-0.2, -0.15) is 13.2 Å². The molecule has 2 rings (SSSR count). The van der Waals surface area contributed by atoms with Gasteiger partial charge in [0.05, 0.1) is 18.2 Å². The zero-order valence-corrected chi connectivity index (χ0v) is 11.2.